The van der Waals surface area contributed by atoms with Gasteiger partial charge < -0.3 is 10.2 Å². The van der Waals surface area contributed by atoms with Gasteiger partial charge in [-0.1, -0.05) is 6.07 Å². The Morgan fingerprint density at radius 1 is 1.15 bits per heavy atom. The molecule has 152 valence electrons. The van der Waals surface area contributed by atoms with E-state index in [1.165, 1.54) is 17.0 Å². The van der Waals surface area contributed by atoms with Gasteiger partial charge in [0, 0.05) is 24.8 Å². The molecule has 27 heavy (non-hydrogen) atoms. The SMILES string of the molecule is CC(C)(C)S(=O)(=O)NC1CCN(C(=O)Nc2cccc(C(F)(F)F)c2)CC1. The third kappa shape index (κ3) is 5.58. The van der Waals surface area contributed by atoms with Crippen LogP contribution in [-0.4, -0.2) is 43.2 Å². The Labute approximate surface area is 157 Å². The number of hydrogen-bond donors (Lipinski definition) is 2. The van der Waals surface area contributed by atoms with Crippen molar-refractivity contribution >= 4 is 21.7 Å². The molecule has 1 aliphatic heterocycles. The maximum atomic E-state index is 12.7. The van der Waals surface area contributed by atoms with E-state index in [9.17, 15) is 26.4 Å². The molecular formula is C17H24F3N3O3S. The van der Waals surface area contributed by atoms with E-state index < -0.39 is 32.5 Å². The quantitative estimate of drug-likeness (QED) is 0.806. The number of piperidine rings is 1. The average molecular weight is 407 g/mol. The number of sulfonamides is 1. The minimum Gasteiger partial charge on any atom is -0.324 e. The maximum absolute atomic E-state index is 12.7. The summed E-state index contributed by atoms with van der Waals surface area (Å²) in [5.41, 5.74) is -0.777. The van der Waals surface area contributed by atoms with Crippen molar-refractivity contribution in [3.63, 3.8) is 0 Å². The molecule has 0 radical (unpaired) electrons. The standard InChI is InChI=1S/C17H24F3N3O3S/c1-16(2,3)27(25,26)22-13-7-9-23(10-8-13)15(24)21-14-6-4-5-12(11-14)17(18,19)20/h4-6,11,13,22H,7-10H2,1-3H3,(H,21,24). The van der Waals surface area contributed by atoms with Gasteiger partial charge in [-0.25, -0.2) is 17.9 Å². The monoisotopic (exact) mass is 407 g/mol. The number of likely N-dealkylation sites (tertiary alicyclic amines) is 1. The highest BCUT2D eigenvalue weighted by atomic mass is 32.2. The summed E-state index contributed by atoms with van der Waals surface area (Å²) >= 11 is 0. The van der Waals surface area contributed by atoms with Crippen LogP contribution in [0.15, 0.2) is 24.3 Å². The van der Waals surface area contributed by atoms with Crippen molar-refractivity contribution in [3.8, 4) is 0 Å². The number of rotatable bonds is 3. The Kier molecular flexibility index (Phi) is 6.10. The van der Waals surface area contributed by atoms with E-state index in [1.807, 2.05) is 0 Å². The molecule has 0 atom stereocenters. The molecular weight excluding hydrogens is 383 g/mol. The number of amides is 2. The van der Waals surface area contributed by atoms with Crippen molar-refractivity contribution < 1.29 is 26.4 Å². The first kappa shape index (κ1) is 21.5. The zero-order valence-corrected chi connectivity index (χ0v) is 16.2. The fourth-order valence-electron chi connectivity index (χ4n) is 2.57. The fourth-order valence-corrected chi connectivity index (χ4v) is 3.60. The first-order valence-electron chi connectivity index (χ1n) is 8.55. The van der Waals surface area contributed by atoms with Gasteiger partial charge in [0.1, 0.15) is 0 Å². The third-order valence-corrected chi connectivity index (χ3v) is 6.61. The van der Waals surface area contributed by atoms with Gasteiger partial charge >= 0.3 is 12.2 Å². The normalized spacial score (nSPS) is 17.0. The second-order valence-corrected chi connectivity index (χ2v) is 9.97. The van der Waals surface area contributed by atoms with Gasteiger partial charge in [0.05, 0.1) is 10.3 Å². The van der Waals surface area contributed by atoms with Gasteiger partial charge in [-0.3, -0.25) is 0 Å². The maximum Gasteiger partial charge on any atom is 0.416 e. The first-order chi connectivity index (χ1) is 12.3. The summed E-state index contributed by atoms with van der Waals surface area (Å²) in [6.45, 7) is 5.43. The number of alkyl halides is 3. The second kappa shape index (κ2) is 7.67. The molecule has 6 nitrogen and oxygen atoms in total. The van der Waals surface area contributed by atoms with Gasteiger partial charge in [-0.15, -0.1) is 0 Å². The summed E-state index contributed by atoms with van der Waals surface area (Å²) in [5, 5.41) is 2.46. The molecule has 1 saturated heterocycles. The smallest absolute Gasteiger partial charge is 0.324 e. The number of carbonyl (C=O) groups excluding carboxylic acids is 1. The lowest BCUT2D eigenvalue weighted by molar-refractivity contribution is -0.137. The Balaban J connectivity index is 1.92. The van der Waals surface area contributed by atoms with Crippen molar-refractivity contribution in [3.05, 3.63) is 29.8 Å². The third-order valence-electron chi connectivity index (χ3n) is 4.35. The molecule has 2 rings (SSSR count). The molecule has 10 heteroatoms. The largest absolute Gasteiger partial charge is 0.416 e. The van der Waals surface area contributed by atoms with Crippen LogP contribution in [0, 0.1) is 0 Å². The molecule has 1 aromatic rings. The summed E-state index contributed by atoms with van der Waals surface area (Å²) in [4.78, 5) is 13.7. The van der Waals surface area contributed by atoms with Gasteiger partial charge in [0.15, 0.2) is 0 Å². The Morgan fingerprint density at radius 2 is 1.74 bits per heavy atom. The minimum atomic E-state index is -4.48. The summed E-state index contributed by atoms with van der Waals surface area (Å²) in [7, 11) is -3.48. The molecule has 0 aromatic heterocycles. The van der Waals surface area contributed by atoms with Gasteiger partial charge in [0.25, 0.3) is 0 Å². The molecule has 0 aliphatic carbocycles. The number of nitrogens with zero attached hydrogens (tertiary/aromatic N) is 1. The molecule has 2 N–H and O–H groups in total. The number of nitrogens with one attached hydrogen (secondary N) is 2. The van der Waals surface area contributed by atoms with Crippen LogP contribution in [0.2, 0.25) is 0 Å². The van der Waals surface area contributed by atoms with Crippen LogP contribution in [0.25, 0.3) is 0 Å². The molecule has 0 unspecified atom stereocenters. The van der Waals surface area contributed by atoms with Crippen LogP contribution < -0.4 is 10.0 Å². The number of urea groups is 1. The summed E-state index contributed by atoms with van der Waals surface area (Å²) < 4.78 is 64.3. The van der Waals surface area contributed by atoms with Crippen molar-refractivity contribution in [2.75, 3.05) is 18.4 Å². The van der Waals surface area contributed by atoms with Crippen LogP contribution in [0.4, 0.5) is 23.7 Å². The number of carbonyl (C=O) groups is 1. The summed E-state index contributed by atoms with van der Waals surface area (Å²) in [5.74, 6) is 0. The number of halogens is 3. The van der Waals surface area contributed by atoms with E-state index in [4.69, 9.17) is 0 Å². The molecule has 1 fully saturated rings. The summed E-state index contributed by atoms with van der Waals surface area (Å²) in [6, 6.07) is 3.65. The van der Waals surface area contributed by atoms with Crippen molar-refractivity contribution in [2.24, 2.45) is 0 Å². The number of anilines is 1. The molecule has 0 bridgehead atoms. The van der Waals surface area contributed by atoms with Crippen molar-refractivity contribution in [2.45, 2.75) is 50.6 Å². The van der Waals surface area contributed by atoms with E-state index >= 15 is 0 Å². The predicted molar refractivity (Wildman–Crippen MR) is 96.9 cm³/mol. The van der Waals surface area contributed by atoms with Crippen molar-refractivity contribution in [1.82, 2.24) is 9.62 Å². The zero-order valence-electron chi connectivity index (χ0n) is 15.4. The van der Waals surface area contributed by atoms with Crippen LogP contribution in [0.3, 0.4) is 0 Å². The molecule has 0 spiro atoms. The second-order valence-electron chi connectivity index (χ2n) is 7.50. The molecule has 1 heterocycles. The lowest BCUT2D eigenvalue weighted by atomic mass is 10.1. The topological polar surface area (TPSA) is 78.5 Å². The molecule has 1 aromatic carbocycles. The van der Waals surface area contributed by atoms with E-state index in [0.717, 1.165) is 12.1 Å². The number of benzene rings is 1. The fraction of sp³-hybridized carbons (Fsp3) is 0.588. The molecule has 0 saturated carbocycles. The van der Waals surface area contributed by atoms with E-state index in [2.05, 4.69) is 10.0 Å². The van der Waals surface area contributed by atoms with Crippen molar-refractivity contribution in [1.29, 1.82) is 0 Å². The van der Waals surface area contributed by atoms with E-state index in [1.54, 1.807) is 20.8 Å². The van der Waals surface area contributed by atoms with Gasteiger partial charge in [-0.2, -0.15) is 13.2 Å². The zero-order chi connectivity index (χ0) is 20.5. The lowest BCUT2D eigenvalue weighted by Crippen LogP contribution is -2.50. The highest BCUT2D eigenvalue weighted by Crippen LogP contribution is 2.30. The minimum absolute atomic E-state index is 0.0605. The highest BCUT2D eigenvalue weighted by molar-refractivity contribution is 7.90. The van der Waals surface area contributed by atoms with Crippen LogP contribution in [-0.2, 0) is 16.2 Å². The number of hydrogen-bond acceptors (Lipinski definition) is 3. The average Bonchev–Trinajstić information content (AvgIpc) is 2.53. The van der Waals surface area contributed by atoms with E-state index in [-0.39, 0.29) is 11.7 Å². The van der Waals surface area contributed by atoms with Gasteiger partial charge in [-0.05, 0) is 51.8 Å². The molecule has 1 aliphatic rings. The van der Waals surface area contributed by atoms with Crippen LogP contribution in [0.5, 0.6) is 0 Å². The van der Waals surface area contributed by atoms with E-state index in [0.29, 0.717) is 25.9 Å². The highest BCUT2D eigenvalue weighted by Gasteiger charge is 2.33. The van der Waals surface area contributed by atoms with Gasteiger partial charge in [0.2, 0.25) is 10.0 Å². The summed E-state index contributed by atoms with van der Waals surface area (Å²) in [6.07, 6.45) is -3.61. The molecule has 2 amide bonds. The van der Waals surface area contributed by atoms with Crippen LogP contribution >= 0.6 is 0 Å². The lowest BCUT2D eigenvalue weighted by Gasteiger charge is -2.33. The first-order valence-corrected chi connectivity index (χ1v) is 10.0. The Morgan fingerprint density at radius 3 is 2.26 bits per heavy atom. The predicted octanol–water partition coefficient (Wildman–Crippen LogP) is 3.42. The van der Waals surface area contributed by atoms with Crippen LogP contribution in [0.1, 0.15) is 39.2 Å². The Bertz CT molecular complexity index is 781. The Hall–Kier alpha value is -1.81.